The van der Waals surface area contributed by atoms with E-state index in [9.17, 15) is 8.78 Å². The van der Waals surface area contributed by atoms with E-state index in [0.717, 1.165) is 5.56 Å². The van der Waals surface area contributed by atoms with E-state index in [0.29, 0.717) is 16.1 Å². The Kier molecular flexibility index (Phi) is 4.17. The molecule has 0 aliphatic carbocycles. The van der Waals surface area contributed by atoms with Crippen LogP contribution in [0.2, 0.25) is 5.02 Å². The van der Waals surface area contributed by atoms with E-state index < -0.39 is 11.9 Å². The zero-order valence-corrected chi connectivity index (χ0v) is 11.4. The fraction of sp³-hybridized carbons (Fsp3) is 0.200. The van der Waals surface area contributed by atoms with Crippen LogP contribution >= 0.6 is 11.6 Å². The highest BCUT2D eigenvalue weighted by Crippen LogP contribution is 2.30. The molecular weight excluding hydrogens is 268 g/mol. The maximum absolute atomic E-state index is 14.0. The van der Waals surface area contributed by atoms with Crippen molar-refractivity contribution in [2.75, 3.05) is 7.05 Å². The first-order valence-corrected chi connectivity index (χ1v) is 6.29. The Morgan fingerprint density at radius 1 is 1.05 bits per heavy atom. The van der Waals surface area contributed by atoms with Crippen molar-refractivity contribution < 1.29 is 8.78 Å². The molecule has 0 spiro atoms. The Morgan fingerprint density at radius 2 is 1.79 bits per heavy atom. The van der Waals surface area contributed by atoms with E-state index in [1.807, 2.05) is 13.0 Å². The number of hydrogen-bond acceptors (Lipinski definition) is 1. The summed E-state index contributed by atoms with van der Waals surface area (Å²) in [5.41, 5.74) is 1.80. The molecule has 2 aromatic rings. The molecule has 1 N–H and O–H groups in total. The van der Waals surface area contributed by atoms with Crippen molar-refractivity contribution >= 4 is 11.6 Å². The normalized spacial score (nSPS) is 12.5. The summed E-state index contributed by atoms with van der Waals surface area (Å²) in [5.74, 6) is -0.730. The Labute approximate surface area is 116 Å². The zero-order chi connectivity index (χ0) is 14.0. The second kappa shape index (κ2) is 5.68. The highest BCUT2D eigenvalue weighted by atomic mass is 35.5. The molecule has 100 valence electrons. The van der Waals surface area contributed by atoms with Crippen LogP contribution in [-0.4, -0.2) is 7.05 Å². The third-order valence-corrected chi connectivity index (χ3v) is 3.37. The van der Waals surface area contributed by atoms with Gasteiger partial charge in [-0.3, -0.25) is 0 Å². The van der Waals surface area contributed by atoms with Gasteiger partial charge in [-0.05, 0) is 49.4 Å². The van der Waals surface area contributed by atoms with Crippen molar-refractivity contribution in [2.24, 2.45) is 0 Å². The number of aryl methyl sites for hydroxylation is 1. The number of hydrogen-bond donors (Lipinski definition) is 1. The lowest BCUT2D eigenvalue weighted by Crippen LogP contribution is -2.19. The Hall–Kier alpha value is -1.45. The lowest BCUT2D eigenvalue weighted by Gasteiger charge is -2.19. The molecule has 1 unspecified atom stereocenters. The molecule has 0 aliphatic heterocycles. The van der Waals surface area contributed by atoms with Crippen molar-refractivity contribution in [1.29, 1.82) is 0 Å². The third-order valence-electron chi connectivity index (χ3n) is 3.02. The summed E-state index contributed by atoms with van der Waals surface area (Å²) in [6.45, 7) is 1.82. The van der Waals surface area contributed by atoms with E-state index in [-0.39, 0.29) is 5.82 Å². The lowest BCUT2D eigenvalue weighted by molar-refractivity contribution is 0.571. The minimum absolute atomic E-state index is 0.334. The molecule has 1 atom stereocenters. The van der Waals surface area contributed by atoms with Crippen LogP contribution in [0.15, 0.2) is 36.4 Å². The lowest BCUT2D eigenvalue weighted by atomic mass is 9.97. The Balaban J connectivity index is 2.52. The standard InChI is InChI=1S/C15H14ClF2N/c1-9-3-5-11(14(18)7-9)15(19-2)12-8-10(17)4-6-13(12)16/h3-8,15,19H,1-2H3. The van der Waals surface area contributed by atoms with Crippen molar-refractivity contribution in [3.05, 3.63) is 69.7 Å². The maximum atomic E-state index is 14.0. The summed E-state index contributed by atoms with van der Waals surface area (Å²) < 4.78 is 27.4. The van der Waals surface area contributed by atoms with Gasteiger partial charge in [0.05, 0.1) is 6.04 Å². The fourth-order valence-corrected chi connectivity index (χ4v) is 2.31. The van der Waals surface area contributed by atoms with Gasteiger partial charge in [0.25, 0.3) is 0 Å². The van der Waals surface area contributed by atoms with E-state index in [2.05, 4.69) is 5.32 Å². The second-order valence-electron chi connectivity index (χ2n) is 4.41. The van der Waals surface area contributed by atoms with Gasteiger partial charge in [0, 0.05) is 10.6 Å². The van der Waals surface area contributed by atoms with E-state index >= 15 is 0 Å². The van der Waals surface area contributed by atoms with Crippen LogP contribution in [0, 0.1) is 18.6 Å². The number of rotatable bonds is 3. The number of benzene rings is 2. The smallest absolute Gasteiger partial charge is 0.128 e. The summed E-state index contributed by atoms with van der Waals surface area (Å²) in [6.07, 6.45) is 0. The predicted octanol–water partition coefficient (Wildman–Crippen LogP) is 4.24. The first-order chi connectivity index (χ1) is 9.02. The highest BCUT2D eigenvalue weighted by Gasteiger charge is 2.19. The molecule has 0 amide bonds. The monoisotopic (exact) mass is 281 g/mol. The molecule has 0 radical (unpaired) electrons. The van der Waals surface area contributed by atoms with Gasteiger partial charge < -0.3 is 5.32 Å². The SMILES string of the molecule is CNC(c1ccc(C)cc1F)c1cc(F)ccc1Cl. The van der Waals surface area contributed by atoms with Crippen LogP contribution in [0.25, 0.3) is 0 Å². The first-order valence-electron chi connectivity index (χ1n) is 5.91. The van der Waals surface area contributed by atoms with Crippen LogP contribution in [-0.2, 0) is 0 Å². The average molecular weight is 282 g/mol. The van der Waals surface area contributed by atoms with Crippen LogP contribution in [0.4, 0.5) is 8.78 Å². The zero-order valence-electron chi connectivity index (χ0n) is 10.7. The molecule has 0 fully saturated rings. The average Bonchev–Trinajstić information content (AvgIpc) is 2.36. The molecule has 19 heavy (non-hydrogen) atoms. The quantitative estimate of drug-likeness (QED) is 0.887. The van der Waals surface area contributed by atoms with E-state index in [4.69, 9.17) is 11.6 Å². The van der Waals surface area contributed by atoms with Crippen molar-refractivity contribution in [2.45, 2.75) is 13.0 Å². The minimum atomic E-state index is -0.483. The third kappa shape index (κ3) is 2.94. The molecule has 0 saturated carbocycles. The van der Waals surface area contributed by atoms with Gasteiger partial charge in [-0.1, -0.05) is 23.7 Å². The largest absolute Gasteiger partial charge is 0.309 e. The summed E-state index contributed by atoms with van der Waals surface area (Å²) >= 11 is 6.07. The van der Waals surface area contributed by atoms with Crippen LogP contribution in [0.1, 0.15) is 22.7 Å². The number of halogens is 3. The van der Waals surface area contributed by atoms with Gasteiger partial charge >= 0.3 is 0 Å². The number of nitrogens with one attached hydrogen (secondary N) is 1. The van der Waals surface area contributed by atoms with E-state index in [1.54, 1.807) is 13.1 Å². The Morgan fingerprint density at radius 3 is 2.42 bits per heavy atom. The molecule has 2 rings (SSSR count). The minimum Gasteiger partial charge on any atom is -0.309 e. The van der Waals surface area contributed by atoms with Crippen molar-refractivity contribution in [3.8, 4) is 0 Å². The van der Waals surface area contributed by atoms with Gasteiger partial charge in [0.2, 0.25) is 0 Å². The topological polar surface area (TPSA) is 12.0 Å². The molecule has 2 aromatic carbocycles. The van der Waals surface area contributed by atoms with E-state index in [1.165, 1.54) is 24.3 Å². The summed E-state index contributed by atoms with van der Waals surface area (Å²) in [4.78, 5) is 0. The first kappa shape index (κ1) is 14.0. The molecule has 0 aliphatic rings. The second-order valence-corrected chi connectivity index (χ2v) is 4.82. The summed E-state index contributed by atoms with van der Waals surface area (Å²) in [5, 5.41) is 3.38. The summed E-state index contributed by atoms with van der Waals surface area (Å²) in [6, 6.07) is 8.55. The predicted molar refractivity (Wildman–Crippen MR) is 73.4 cm³/mol. The van der Waals surface area contributed by atoms with Crippen LogP contribution in [0.3, 0.4) is 0 Å². The summed E-state index contributed by atoms with van der Waals surface area (Å²) in [7, 11) is 1.69. The van der Waals surface area contributed by atoms with Crippen molar-refractivity contribution in [3.63, 3.8) is 0 Å². The van der Waals surface area contributed by atoms with Crippen LogP contribution < -0.4 is 5.32 Å². The Bertz CT molecular complexity index is 599. The highest BCUT2D eigenvalue weighted by molar-refractivity contribution is 6.31. The molecule has 4 heteroatoms. The fourth-order valence-electron chi connectivity index (χ4n) is 2.08. The van der Waals surface area contributed by atoms with Gasteiger partial charge in [-0.15, -0.1) is 0 Å². The molecule has 0 aromatic heterocycles. The van der Waals surface area contributed by atoms with Crippen molar-refractivity contribution in [1.82, 2.24) is 5.32 Å². The van der Waals surface area contributed by atoms with Gasteiger partial charge in [-0.25, -0.2) is 8.78 Å². The van der Waals surface area contributed by atoms with Gasteiger partial charge in [-0.2, -0.15) is 0 Å². The molecule has 0 bridgehead atoms. The van der Waals surface area contributed by atoms with Crippen LogP contribution in [0.5, 0.6) is 0 Å². The van der Waals surface area contributed by atoms with Gasteiger partial charge in [0.15, 0.2) is 0 Å². The molecule has 1 nitrogen and oxygen atoms in total. The van der Waals surface area contributed by atoms with Gasteiger partial charge in [0.1, 0.15) is 11.6 Å². The molecular formula is C15H14ClF2N. The molecule has 0 heterocycles. The maximum Gasteiger partial charge on any atom is 0.128 e. The molecule has 0 saturated heterocycles.